The van der Waals surface area contributed by atoms with Crippen LogP contribution in [0.5, 0.6) is 0 Å². The molecule has 0 spiro atoms. The first-order valence-corrected chi connectivity index (χ1v) is 6.38. The average Bonchev–Trinajstić information content (AvgIpc) is 1.85. The molecule has 0 saturated heterocycles. The Morgan fingerprint density at radius 1 is 1.58 bits per heavy atom. The van der Waals surface area contributed by atoms with Crippen LogP contribution in [0, 0.1) is 0 Å². The van der Waals surface area contributed by atoms with Crippen molar-refractivity contribution < 1.29 is 22.5 Å². The molecule has 70 valence electrons. The van der Waals surface area contributed by atoms with Crippen LogP contribution in [0.3, 0.4) is 0 Å². The fraction of sp³-hybridized carbons (Fsp3) is 0.750. The summed E-state index contributed by atoms with van der Waals surface area (Å²) in [5, 5.41) is 1.77. The number of carbonyl (C=O) groups excluding carboxylic acids is 1. The highest BCUT2D eigenvalue weighted by atomic mass is 32.8. The number of carbonyl (C=O) groups is 1. The second kappa shape index (κ2) is 4.49. The predicted molar refractivity (Wildman–Crippen MR) is 42.2 cm³/mol. The van der Waals surface area contributed by atoms with Crippen LogP contribution in [0.1, 0.15) is 6.92 Å². The van der Waals surface area contributed by atoms with E-state index >= 15 is 0 Å². The summed E-state index contributed by atoms with van der Waals surface area (Å²) in [6.45, 7) is 1.08. The van der Waals surface area contributed by atoms with Crippen molar-refractivity contribution in [2.45, 2.75) is 6.92 Å². The smallest absolute Gasteiger partial charge is 0.364 e. The molecule has 6 nitrogen and oxygen atoms in total. The summed E-state index contributed by atoms with van der Waals surface area (Å²) in [6.07, 6.45) is 0. The fourth-order valence-electron chi connectivity index (χ4n) is 0.395. The molecule has 0 aliphatic rings. The maximum Gasteiger partial charge on any atom is 0.594 e. The third-order valence-corrected chi connectivity index (χ3v) is 4.41. The molecule has 8 heteroatoms. The Bertz CT molecular complexity index is 284. The molecule has 0 aliphatic heterocycles. The summed E-state index contributed by atoms with van der Waals surface area (Å²) in [6, 6.07) is 0. The van der Waals surface area contributed by atoms with E-state index in [0.29, 0.717) is 0 Å². The Kier molecular flexibility index (Phi) is 4.30. The van der Waals surface area contributed by atoms with Crippen molar-refractivity contribution in [2.24, 2.45) is 0 Å². The van der Waals surface area contributed by atoms with Crippen LogP contribution < -0.4 is 5.09 Å². The summed E-state index contributed by atoms with van der Waals surface area (Å²) < 4.78 is 36.8. The topological polar surface area (TPSA) is 89.5 Å². The highest BCUT2D eigenvalue weighted by Crippen LogP contribution is 2.24. The van der Waals surface area contributed by atoms with Gasteiger partial charge in [0.25, 0.3) is 5.91 Å². The summed E-state index contributed by atoms with van der Waals surface area (Å²) in [5.41, 5.74) is 0. The molecule has 1 unspecified atom stereocenters. The number of amides is 1. The largest absolute Gasteiger partial charge is 0.594 e. The SMILES string of the molecule is COCS(=O)(=O)[P+](=O)NC(C)=O. The first-order valence-electron chi connectivity index (χ1n) is 2.86. The van der Waals surface area contributed by atoms with E-state index in [4.69, 9.17) is 0 Å². The Labute approximate surface area is 70.8 Å². The van der Waals surface area contributed by atoms with E-state index in [1.807, 2.05) is 0 Å². The fourth-order valence-corrected chi connectivity index (χ4v) is 2.59. The summed E-state index contributed by atoms with van der Waals surface area (Å²) in [5.74, 6) is -1.32. The van der Waals surface area contributed by atoms with Crippen molar-refractivity contribution in [3.8, 4) is 0 Å². The van der Waals surface area contributed by atoms with E-state index in [0.717, 1.165) is 14.0 Å². The molecule has 1 atom stereocenters. The molecule has 0 aromatic heterocycles. The van der Waals surface area contributed by atoms with Gasteiger partial charge in [0, 0.05) is 14.0 Å². The van der Waals surface area contributed by atoms with Gasteiger partial charge in [0.2, 0.25) is 0 Å². The summed E-state index contributed by atoms with van der Waals surface area (Å²) >= 11 is 0. The third-order valence-electron chi connectivity index (χ3n) is 0.768. The molecule has 0 aliphatic carbocycles. The number of hydrogen-bond donors (Lipinski definition) is 1. The van der Waals surface area contributed by atoms with Crippen molar-refractivity contribution in [2.75, 3.05) is 13.0 Å². The molecular formula is C4H9NO5PS+. The standard InChI is InChI=1S/C4H8NO5PS/c1-4(6)5-11(7)12(8,9)3-10-2/h3H2,1-2H3/p+1. The number of rotatable bonds is 4. The first-order chi connectivity index (χ1) is 5.40. The van der Waals surface area contributed by atoms with E-state index in [1.165, 1.54) is 0 Å². The van der Waals surface area contributed by atoms with Gasteiger partial charge in [-0.25, -0.2) is 0 Å². The van der Waals surface area contributed by atoms with Gasteiger partial charge in [0.1, 0.15) is 0 Å². The van der Waals surface area contributed by atoms with E-state index in [2.05, 4.69) is 4.74 Å². The predicted octanol–water partition coefficient (Wildman–Crippen LogP) is -0.201. The average molecular weight is 214 g/mol. The number of nitrogens with one attached hydrogen (secondary N) is 1. The van der Waals surface area contributed by atoms with Gasteiger partial charge in [-0.1, -0.05) is 0 Å². The zero-order valence-corrected chi connectivity index (χ0v) is 8.31. The molecule has 0 radical (unpaired) electrons. The van der Waals surface area contributed by atoms with Crippen LogP contribution in [0.2, 0.25) is 0 Å². The number of ether oxygens (including phenoxy) is 1. The number of methoxy groups -OCH3 is 1. The molecule has 0 heterocycles. The van der Waals surface area contributed by atoms with Gasteiger partial charge < -0.3 is 4.74 Å². The lowest BCUT2D eigenvalue weighted by atomic mass is 10.8. The molecule has 0 fully saturated rings. The molecule has 12 heavy (non-hydrogen) atoms. The van der Waals surface area contributed by atoms with Gasteiger partial charge >= 0.3 is 16.6 Å². The number of hydrogen-bond acceptors (Lipinski definition) is 5. The highest BCUT2D eigenvalue weighted by molar-refractivity contribution is 8.45. The van der Waals surface area contributed by atoms with Crippen LogP contribution in [-0.4, -0.2) is 27.4 Å². The van der Waals surface area contributed by atoms with Crippen LogP contribution in [0.15, 0.2) is 0 Å². The maximum absolute atomic E-state index is 10.8. The second-order valence-corrected chi connectivity index (χ2v) is 6.71. The van der Waals surface area contributed by atoms with Gasteiger partial charge in [-0.15, -0.1) is 5.09 Å². The third kappa shape index (κ3) is 3.75. The summed E-state index contributed by atoms with van der Waals surface area (Å²) in [4.78, 5) is 10.3. The minimum atomic E-state index is -3.85. The lowest BCUT2D eigenvalue weighted by molar-refractivity contribution is -0.117. The lowest BCUT2D eigenvalue weighted by Gasteiger charge is -1.90. The first kappa shape index (κ1) is 11.5. The van der Waals surface area contributed by atoms with Crippen molar-refractivity contribution in [3.63, 3.8) is 0 Å². The Morgan fingerprint density at radius 2 is 2.08 bits per heavy atom. The maximum atomic E-state index is 10.8. The molecule has 0 aromatic carbocycles. The quantitative estimate of drug-likeness (QED) is 0.654. The van der Waals surface area contributed by atoms with Crippen LogP contribution >= 0.6 is 7.15 Å². The van der Waals surface area contributed by atoms with Crippen LogP contribution in [0.25, 0.3) is 0 Å². The van der Waals surface area contributed by atoms with Crippen molar-refractivity contribution >= 4 is 22.5 Å². The molecule has 0 saturated carbocycles. The molecule has 0 aromatic rings. The summed E-state index contributed by atoms with van der Waals surface area (Å²) in [7, 11) is -5.46. The van der Waals surface area contributed by atoms with Gasteiger partial charge in [-0.2, -0.15) is 8.42 Å². The monoisotopic (exact) mass is 214 g/mol. The van der Waals surface area contributed by atoms with Gasteiger partial charge in [0.05, 0.1) is 0 Å². The highest BCUT2D eigenvalue weighted by Gasteiger charge is 2.37. The lowest BCUT2D eigenvalue weighted by Crippen LogP contribution is -2.16. The molecule has 0 rings (SSSR count). The van der Waals surface area contributed by atoms with E-state index in [-0.39, 0.29) is 0 Å². The Hall–Kier alpha value is -0.520. The second-order valence-electron chi connectivity index (χ2n) is 1.91. The van der Waals surface area contributed by atoms with Crippen LogP contribution in [-0.2, 0) is 23.6 Å². The molecule has 0 bridgehead atoms. The Morgan fingerprint density at radius 3 is 2.42 bits per heavy atom. The van der Waals surface area contributed by atoms with E-state index < -0.39 is 28.5 Å². The van der Waals surface area contributed by atoms with Crippen molar-refractivity contribution in [1.29, 1.82) is 0 Å². The molecular weight excluding hydrogens is 205 g/mol. The van der Waals surface area contributed by atoms with Crippen LogP contribution in [0.4, 0.5) is 0 Å². The zero-order valence-electron chi connectivity index (χ0n) is 6.60. The van der Waals surface area contributed by atoms with Crippen molar-refractivity contribution in [3.05, 3.63) is 0 Å². The van der Waals surface area contributed by atoms with Gasteiger partial charge in [-0.05, 0) is 4.57 Å². The van der Waals surface area contributed by atoms with Crippen molar-refractivity contribution in [1.82, 2.24) is 5.09 Å². The minimum absolute atomic E-state index is 0.657. The molecule has 1 amide bonds. The molecule has 1 N–H and O–H groups in total. The van der Waals surface area contributed by atoms with Gasteiger partial charge in [0.15, 0.2) is 5.94 Å². The van der Waals surface area contributed by atoms with E-state index in [1.54, 1.807) is 5.09 Å². The van der Waals surface area contributed by atoms with E-state index in [9.17, 15) is 17.8 Å². The normalized spacial score (nSPS) is 12.3. The minimum Gasteiger partial charge on any atom is -0.364 e. The van der Waals surface area contributed by atoms with Gasteiger partial charge in [-0.3, -0.25) is 4.79 Å². The Balaban J connectivity index is 4.38. The zero-order chi connectivity index (χ0) is 9.78.